The molecule has 0 spiro atoms. The highest BCUT2D eigenvalue weighted by Crippen LogP contribution is 2.58. The smallest absolute Gasteiger partial charge is 0.407 e. The van der Waals surface area contributed by atoms with Gasteiger partial charge < -0.3 is 39.6 Å². The molecule has 4 amide bonds. The Labute approximate surface area is 398 Å². The quantitative estimate of drug-likeness (QED) is 0.126. The van der Waals surface area contributed by atoms with Crippen LogP contribution in [0.2, 0.25) is 0 Å². The Hall–Kier alpha value is -6.02. The van der Waals surface area contributed by atoms with Crippen LogP contribution in [0.4, 0.5) is 9.59 Å². The number of hydrogen-bond donors (Lipinski definition) is 3. The van der Waals surface area contributed by atoms with Crippen molar-refractivity contribution < 1.29 is 33.4 Å². The summed E-state index contributed by atoms with van der Waals surface area (Å²) in [5.41, 5.74) is 13.0. The maximum atomic E-state index is 14.3. The van der Waals surface area contributed by atoms with E-state index in [1.165, 1.54) is 61.3 Å². The van der Waals surface area contributed by atoms with E-state index in [1.807, 2.05) is 29.8 Å². The number of methoxy groups -OCH3 is 3. The van der Waals surface area contributed by atoms with Gasteiger partial charge in [0, 0.05) is 37.5 Å². The van der Waals surface area contributed by atoms with E-state index in [9.17, 15) is 19.2 Å². The minimum Gasteiger partial charge on any atom is -0.453 e. The number of benzene rings is 3. The molecule has 4 heterocycles. The second-order valence-corrected chi connectivity index (χ2v) is 20.4. The number of aliphatic imine (C=N–C) groups is 1. The lowest BCUT2D eigenvalue weighted by Gasteiger charge is -2.35. The molecule has 3 aliphatic carbocycles. The number of imidazole rings is 1. The number of aromatic nitrogens is 2. The Bertz CT molecular complexity index is 2690. The number of aromatic amines is 1. The van der Waals surface area contributed by atoms with E-state index in [4.69, 9.17) is 24.2 Å². The first kappa shape index (κ1) is 45.7. The molecule has 2 unspecified atom stereocenters. The second-order valence-electron chi connectivity index (χ2n) is 20.4. The van der Waals surface area contributed by atoms with Crippen molar-refractivity contribution in [3.63, 3.8) is 0 Å². The highest BCUT2D eigenvalue weighted by atomic mass is 16.5. The molecule has 14 nitrogen and oxygen atoms in total. The Morgan fingerprint density at radius 2 is 1.37 bits per heavy atom. The van der Waals surface area contributed by atoms with Gasteiger partial charge in [0.1, 0.15) is 17.9 Å². The zero-order valence-corrected chi connectivity index (χ0v) is 40.3. The molecule has 2 saturated carbocycles. The monoisotopic (exact) mass is 923 g/mol. The standard InChI is InChI=1S/C54H65N7O7/c1-28(2)48(58-53(64)67-6)51(62)60-29(3)11-22-44(60)50-56-40-21-18-33(24-41(40)57-50)39-20-19-38(46-35-16-17-36(23-35)47(39)46)32-14-12-31(13-15-32)37-25-42(55-27-37)45-26-34-9-8-10-43(34)61(45)52(63)49(30(4)66-5)59-54(65)68-7/h12-15,18-21,24,27-30,34-36,43-45,48-49H,8-11,16-17,22-23,25-26H2,1-7H3,(H,56,57)(H,58,64)(H,59,65)/t29-,30+,34-,35?,36?,43-,44-,45-,48-,49-/m0/s1. The van der Waals surface area contributed by atoms with Crippen molar-refractivity contribution >= 4 is 46.3 Å². The average Bonchev–Trinajstić information content (AvgIpc) is 4.22. The predicted molar refractivity (Wildman–Crippen MR) is 261 cm³/mol. The van der Waals surface area contributed by atoms with Gasteiger partial charge >= 0.3 is 12.2 Å². The molecule has 10 atom stereocenters. The van der Waals surface area contributed by atoms with E-state index in [2.05, 4.69) is 77.1 Å². The molecule has 4 aromatic rings. The second kappa shape index (κ2) is 18.5. The predicted octanol–water partition coefficient (Wildman–Crippen LogP) is 9.41. The summed E-state index contributed by atoms with van der Waals surface area (Å²) in [5, 5.41) is 5.51. The van der Waals surface area contributed by atoms with Crippen molar-refractivity contribution in [3.05, 3.63) is 83.3 Å². The van der Waals surface area contributed by atoms with Gasteiger partial charge in [-0.15, -0.1) is 0 Å². The number of alkyl carbamates (subject to hydrolysis) is 2. The third-order valence-electron chi connectivity index (χ3n) is 16.3. The Kier molecular flexibility index (Phi) is 12.4. The molecule has 3 aliphatic heterocycles. The van der Waals surface area contributed by atoms with Crippen LogP contribution in [0.3, 0.4) is 0 Å². The van der Waals surface area contributed by atoms with E-state index in [0.29, 0.717) is 24.2 Å². The molecule has 2 bridgehead atoms. The highest BCUT2D eigenvalue weighted by Gasteiger charge is 2.50. The number of H-pyrrole nitrogens is 1. The molecule has 2 saturated heterocycles. The number of rotatable bonds is 12. The number of likely N-dealkylation sites (tertiary alicyclic amines) is 2. The van der Waals surface area contributed by atoms with Crippen LogP contribution in [0, 0.1) is 11.8 Å². The third-order valence-corrected chi connectivity index (χ3v) is 16.3. The van der Waals surface area contributed by atoms with Crippen LogP contribution in [0.25, 0.3) is 38.9 Å². The largest absolute Gasteiger partial charge is 0.453 e. The van der Waals surface area contributed by atoms with Crippen molar-refractivity contribution in [3.8, 4) is 22.3 Å². The number of carbonyl (C=O) groups is 4. The number of nitrogens with zero attached hydrogens (tertiary/aromatic N) is 4. The van der Waals surface area contributed by atoms with Crippen molar-refractivity contribution in [2.45, 2.75) is 146 Å². The minimum absolute atomic E-state index is 0.00179. The number of hydrogen-bond acceptors (Lipinski definition) is 9. The number of allylic oxidation sites excluding steroid dienone is 1. The van der Waals surface area contributed by atoms with E-state index >= 15 is 0 Å². The first-order chi connectivity index (χ1) is 32.9. The fourth-order valence-electron chi connectivity index (χ4n) is 12.8. The Balaban J connectivity index is 0.874. The van der Waals surface area contributed by atoms with Gasteiger partial charge in [0.2, 0.25) is 11.8 Å². The lowest BCUT2D eigenvalue weighted by molar-refractivity contribution is -0.139. The maximum absolute atomic E-state index is 14.3. The molecule has 3 N–H and O–H groups in total. The van der Waals surface area contributed by atoms with Gasteiger partial charge in [0.25, 0.3) is 0 Å². The van der Waals surface area contributed by atoms with Crippen molar-refractivity contribution in [2.24, 2.45) is 16.8 Å². The zero-order chi connectivity index (χ0) is 47.5. The van der Waals surface area contributed by atoms with Gasteiger partial charge in [-0.3, -0.25) is 14.6 Å². The van der Waals surface area contributed by atoms with Crippen LogP contribution >= 0.6 is 0 Å². The summed E-state index contributed by atoms with van der Waals surface area (Å²) in [6.07, 6.45) is 10.1. The summed E-state index contributed by atoms with van der Waals surface area (Å²) in [6.45, 7) is 7.72. The van der Waals surface area contributed by atoms with Gasteiger partial charge in [-0.2, -0.15) is 0 Å². The lowest BCUT2D eigenvalue weighted by Crippen LogP contribution is -2.58. The fraction of sp³-hybridized carbons (Fsp3) is 0.519. The average molecular weight is 924 g/mol. The van der Waals surface area contributed by atoms with E-state index in [1.54, 1.807) is 14.0 Å². The first-order valence-electron chi connectivity index (χ1n) is 24.8. The molecule has 3 aromatic carbocycles. The summed E-state index contributed by atoms with van der Waals surface area (Å²) in [4.78, 5) is 70.5. The summed E-state index contributed by atoms with van der Waals surface area (Å²) in [7, 11) is 4.16. The lowest BCUT2D eigenvalue weighted by atomic mass is 9.81. The number of carbonyl (C=O) groups excluding carboxylic acids is 4. The molecule has 10 rings (SSSR count). The molecular weight excluding hydrogens is 859 g/mol. The number of ether oxygens (including phenoxy) is 3. The maximum Gasteiger partial charge on any atom is 0.407 e. The SMILES string of the molecule is COC(=O)N[C@H](C(=O)N1[C@@H](C)CC[C@H]1c1nc2ccc(-c3ccc(-c4ccc(C5=CN=C([C@@H]6C[C@@H]7CCC[C@@H]7N6C(=O)[C@@H](NC(=O)OC)[C@@H](C)OC)C5)cc4)c4c3C3CCC4C3)cc2[nH]1)C(C)C. The molecule has 6 aliphatic rings. The normalized spacial score (nSPS) is 26.1. The molecule has 4 fully saturated rings. The van der Waals surface area contributed by atoms with E-state index < -0.39 is 30.4 Å². The molecular formula is C54H65N7O7. The van der Waals surface area contributed by atoms with E-state index in [0.717, 1.165) is 77.8 Å². The topological polar surface area (TPSA) is 168 Å². The van der Waals surface area contributed by atoms with Crippen molar-refractivity contribution in [1.29, 1.82) is 0 Å². The summed E-state index contributed by atoms with van der Waals surface area (Å²) in [5.74, 6) is 1.85. The van der Waals surface area contributed by atoms with Crippen LogP contribution in [0.5, 0.6) is 0 Å². The van der Waals surface area contributed by atoms with Gasteiger partial charge in [0.05, 0.1) is 43.4 Å². The van der Waals surface area contributed by atoms with Crippen LogP contribution in [0.15, 0.2) is 65.8 Å². The van der Waals surface area contributed by atoms with Gasteiger partial charge in [-0.05, 0) is 146 Å². The van der Waals surface area contributed by atoms with Crippen molar-refractivity contribution in [1.82, 2.24) is 30.4 Å². The van der Waals surface area contributed by atoms with Crippen LogP contribution in [0.1, 0.15) is 132 Å². The van der Waals surface area contributed by atoms with Gasteiger partial charge in [-0.1, -0.05) is 62.7 Å². The van der Waals surface area contributed by atoms with Gasteiger partial charge in [-0.25, -0.2) is 14.6 Å². The Morgan fingerprint density at radius 3 is 2.04 bits per heavy atom. The zero-order valence-electron chi connectivity index (χ0n) is 40.3. The summed E-state index contributed by atoms with van der Waals surface area (Å²) in [6, 6.07) is 18.3. The number of amides is 4. The summed E-state index contributed by atoms with van der Waals surface area (Å²) >= 11 is 0. The Morgan fingerprint density at radius 1 is 0.721 bits per heavy atom. The molecule has 68 heavy (non-hydrogen) atoms. The van der Waals surface area contributed by atoms with E-state index in [-0.39, 0.29) is 41.9 Å². The number of fused-ring (bicyclic) bond motifs is 7. The molecule has 14 heteroatoms. The highest BCUT2D eigenvalue weighted by molar-refractivity contribution is 6.04. The van der Waals surface area contributed by atoms with Gasteiger partial charge in [0.15, 0.2) is 0 Å². The van der Waals surface area contributed by atoms with Crippen LogP contribution in [-0.4, -0.2) is 107 Å². The fourth-order valence-corrected chi connectivity index (χ4v) is 12.8. The third kappa shape index (κ3) is 8.05. The van der Waals surface area contributed by atoms with Crippen LogP contribution in [-0.2, 0) is 23.8 Å². The van der Waals surface area contributed by atoms with Crippen LogP contribution < -0.4 is 10.6 Å². The first-order valence-corrected chi connectivity index (χ1v) is 24.8. The molecule has 0 radical (unpaired) electrons. The molecule has 358 valence electrons. The summed E-state index contributed by atoms with van der Waals surface area (Å²) < 4.78 is 15.3. The number of nitrogens with one attached hydrogen (secondary N) is 3. The van der Waals surface area contributed by atoms with Crippen molar-refractivity contribution in [2.75, 3.05) is 21.3 Å². The minimum atomic E-state index is -0.865. The molecule has 1 aromatic heterocycles.